The molecule has 0 fully saturated rings. The molecule has 2 N–H and O–H groups in total. The molecule has 1 heteroatoms. The first-order valence-electron chi connectivity index (χ1n) is 3.51. The van der Waals surface area contributed by atoms with Gasteiger partial charge in [0.1, 0.15) is 0 Å². The third-order valence-electron chi connectivity index (χ3n) is 0.992. The number of hydrogen-bond donors (Lipinski definition) is 1. The zero-order valence-electron chi connectivity index (χ0n) is 6.06. The average molecular weight is 125 g/mol. The fraction of sp³-hybridized carbons (Fsp3) is 0.625. The van der Waals surface area contributed by atoms with Gasteiger partial charge in [0.25, 0.3) is 0 Å². The SMILES string of the molecule is CCC=C=CCCCN. The Balaban J connectivity index is 3.13. The van der Waals surface area contributed by atoms with E-state index in [2.05, 4.69) is 12.7 Å². The van der Waals surface area contributed by atoms with Gasteiger partial charge in [-0.3, -0.25) is 0 Å². The summed E-state index contributed by atoms with van der Waals surface area (Å²) in [6, 6.07) is 0. The molecule has 0 saturated heterocycles. The molecular weight excluding hydrogens is 110 g/mol. The van der Waals surface area contributed by atoms with Crippen molar-refractivity contribution in [3.05, 3.63) is 17.9 Å². The highest BCUT2D eigenvalue weighted by molar-refractivity contribution is 4.83. The van der Waals surface area contributed by atoms with E-state index in [1.54, 1.807) is 0 Å². The van der Waals surface area contributed by atoms with Crippen molar-refractivity contribution in [2.75, 3.05) is 6.54 Å². The Hall–Kier alpha value is -0.520. The monoisotopic (exact) mass is 125 g/mol. The molecule has 0 aliphatic heterocycles. The maximum atomic E-state index is 5.29. The van der Waals surface area contributed by atoms with E-state index in [1.807, 2.05) is 12.2 Å². The van der Waals surface area contributed by atoms with Gasteiger partial charge < -0.3 is 5.73 Å². The minimum Gasteiger partial charge on any atom is -0.330 e. The Kier molecular flexibility index (Phi) is 7.05. The first-order valence-corrected chi connectivity index (χ1v) is 3.51. The van der Waals surface area contributed by atoms with Crippen LogP contribution in [-0.2, 0) is 0 Å². The molecule has 0 rings (SSSR count). The molecule has 0 aromatic carbocycles. The van der Waals surface area contributed by atoms with Crippen LogP contribution in [0.3, 0.4) is 0 Å². The maximum Gasteiger partial charge on any atom is -0.00741 e. The molecule has 0 atom stereocenters. The third kappa shape index (κ3) is 7.48. The molecule has 0 aromatic heterocycles. The van der Waals surface area contributed by atoms with Crippen LogP contribution >= 0.6 is 0 Å². The van der Waals surface area contributed by atoms with E-state index in [1.165, 1.54) is 0 Å². The molecule has 0 aromatic rings. The molecule has 9 heavy (non-hydrogen) atoms. The number of rotatable bonds is 4. The lowest BCUT2D eigenvalue weighted by Crippen LogP contribution is -1.96. The lowest BCUT2D eigenvalue weighted by atomic mass is 10.3. The molecule has 0 unspecified atom stereocenters. The standard InChI is InChI=1S/C8H15N/c1-2-3-4-5-6-7-8-9/h3,5H,2,6-9H2,1H3. The van der Waals surface area contributed by atoms with Crippen LogP contribution in [0.25, 0.3) is 0 Å². The molecule has 0 bridgehead atoms. The Morgan fingerprint density at radius 1 is 1.44 bits per heavy atom. The van der Waals surface area contributed by atoms with Crippen molar-refractivity contribution in [1.29, 1.82) is 0 Å². The van der Waals surface area contributed by atoms with Crippen LogP contribution in [-0.4, -0.2) is 6.54 Å². The Morgan fingerprint density at radius 3 is 2.78 bits per heavy atom. The number of hydrogen-bond acceptors (Lipinski definition) is 1. The lowest BCUT2D eigenvalue weighted by Gasteiger charge is -1.83. The molecule has 0 heterocycles. The van der Waals surface area contributed by atoms with E-state index in [0.717, 1.165) is 25.8 Å². The highest BCUT2D eigenvalue weighted by Crippen LogP contribution is 1.86. The van der Waals surface area contributed by atoms with E-state index >= 15 is 0 Å². The summed E-state index contributed by atoms with van der Waals surface area (Å²) in [4.78, 5) is 0. The Morgan fingerprint density at radius 2 is 2.22 bits per heavy atom. The Bertz CT molecular complexity index is 99.1. The number of allylic oxidation sites excluding steroid dienone is 1. The van der Waals surface area contributed by atoms with Crippen LogP contribution in [0.2, 0.25) is 0 Å². The van der Waals surface area contributed by atoms with Gasteiger partial charge in [-0.15, -0.1) is 5.73 Å². The van der Waals surface area contributed by atoms with Crippen molar-refractivity contribution in [1.82, 2.24) is 0 Å². The topological polar surface area (TPSA) is 26.0 Å². The summed E-state index contributed by atoms with van der Waals surface area (Å²) >= 11 is 0. The number of unbranched alkanes of at least 4 members (excludes halogenated alkanes) is 1. The van der Waals surface area contributed by atoms with Crippen LogP contribution in [0.5, 0.6) is 0 Å². The minimum absolute atomic E-state index is 0.782. The van der Waals surface area contributed by atoms with E-state index in [9.17, 15) is 0 Å². The van der Waals surface area contributed by atoms with Crippen LogP contribution in [0.15, 0.2) is 17.9 Å². The summed E-state index contributed by atoms with van der Waals surface area (Å²) in [6.45, 7) is 2.88. The molecule has 0 aliphatic rings. The predicted octanol–water partition coefficient (Wildman–Crippen LogP) is 1.85. The maximum absolute atomic E-state index is 5.29. The quantitative estimate of drug-likeness (QED) is 0.450. The fourth-order valence-corrected chi connectivity index (χ4v) is 0.504. The molecule has 0 radical (unpaired) electrons. The molecule has 0 saturated carbocycles. The van der Waals surface area contributed by atoms with Gasteiger partial charge in [-0.25, -0.2) is 0 Å². The summed E-state index contributed by atoms with van der Waals surface area (Å²) in [7, 11) is 0. The average Bonchev–Trinajstić information content (AvgIpc) is 1.89. The van der Waals surface area contributed by atoms with Crippen molar-refractivity contribution in [2.45, 2.75) is 26.2 Å². The van der Waals surface area contributed by atoms with Crippen molar-refractivity contribution >= 4 is 0 Å². The normalized spacial score (nSPS) is 8.22. The van der Waals surface area contributed by atoms with Gasteiger partial charge in [0.2, 0.25) is 0 Å². The predicted molar refractivity (Wildman–Crippen MR) is 41.2 cm³/mol. The molecule has 52 valence electrons. The largest absolute Gasteiger partial charge is 0.330 e. The van der Waals surface area contributed by atoms with Crippen molar-refractivity contribution in [3.63, 3.8) is 0 Å². The van der Waals surface area contributed by atoms with Crippen molar-refractivity contribution < 1.29 is 0 Å². The molecule has 0 amide bonds. The molecular formula is C8H15N. The van der Waals surface area contributed by atoms with E-state index in [0.29, 0.717) is 0 Å². The highest BCUT2D eigenvalue weighted by Gasteiger charge is 1.73. The molecule has 0 aliphatic carbocycles. The second kappa shape index (κ2) is 7.48. The van der Waals surface area contributed by atoms with Crippen LogP contribution < -0.4 is 5.73 Å². The lowest BCUT2D eigenvalue weighted by molar-refractivity contribution is 0.855. The smallest absolute Gasteiger partial charge is 0.00741 e. The van der Waals surface area contributed by atoms with Gasteiger partial charge >= 0.3 is 0 Å². The van der Waals surface area contributed by atoms with Crippen LogP contribution in [0.4, 0.5) is 0 Å². The summed E-state index contributed by atoms with van der Waals surface area (Å²) in [5, 5.41) is 0. The van der Waals surface area contributed by atoms with Crippen LogP contribution in [0.1, 0.15) is 26.2 Å². The zero-order chi connectivity index (χ0) is 6.95. The number of nitrogens with two attached hydrogens (primary N) is 1. The van der Waals surface area contributed by atoms with Gasteiger partial charge in [0, 0.05) is 0 Å². The zero-order valence-corrected chi connectivity index (χ0v) is 6.06. The van der Waals surface area contributed by atoms with E-state index in [-0.39, 0.29) is 0 Å². The van der Waals surface area contributed by atoms with Gasteiger partial charge in [-0.2, -0.15) is 0 Å². The van der Waals surface area contributed by atoms with Crippen molar-refractivity contribution in [2.24, 2.45) is 5.73 Å². The van der Waals surface area contributed by atoms with Gasteiger partial charge in [0.05, 0.1) is 0 Å². The first-order chi connectivity index (χ1) is 4.41. The fourth-order valence-electron chi connectivity index (χ4n) is 0.504. The van der Waals surface area contributed by atoms with E-state index < -0.39 is 0 Å². The first kappa shape index (κ1) is 8.48. The summed E-state index contributed by atoms with van der Waals surface area (Å²) in [5.41, 5.74) is 8.35. The molecule has 1 nitrogen and oxygen atoms in total. The van der Waals surface area contributed by atoms with Gasteiger partial charge in [0.15, 0.2) is 0 Å². The third-order valence-corrected chi connectivity index (χ3v) is 0.992. The highest BCUT2D eigenvalue weighted by atomic mass is 14.5. The van der Waals surface area contributed by atoms with Crippen LogP contribution in [0, 0.1) is 0 Å². The Labute approximate surface area is 57.3 Å². The second-order valence-electron chi connectivity index (χ2n) is 1.91. The van der Waals surface area contributed by atoms with Gasteiger partial charge in [-0.1, -0.05) is 6.92 Å². The summed E-state index contributed by atoms with van der Waals surface area (Å²) in [5.74, 6) is 0. The second-order valence-corrected chi connectivity index (χ2v) is 1.91. The minimum atomic E-state index is 0.782. The van der Waals surface area contributed by atoms with Crippen molar-refractivity contribution in [3.8, 4) is 0 Å². The van der Waals surface area contributed by atoms with Gasteiger partial charge in [-0.05, 0) is 38.0 Å². The molecule has 0 spiro atoms. The summed E-state index contributed by atoms with van der Waals surface area (Å²) < 4.78 is 0. The van der Waals surface area contributed by atoms with E-state index in [4.69, 9.17) is 5.73 Å². The summed E-state index contributed by atoms with van der Waals surface area (Å²) in [6.07, 6.45) is 7.27.